The normalized spacial score (nSPS) is 16.0. The molecule has 0 aliphatic carbocycles. The van der Waals surface area contributed by atoms with Gasteiger partial charge in [-0.1, -0.05) is 45.0 Å². The largest absolute Gasteiger partial charge is 0.496 e. The third kappa shape index (κ3) is 3.42. The number of rotatable bonds is 3. The van der Waals surface area contributed by atoms with Crippen molar-refractivity contribution < 1.29 is 19.1 Å². The molecule has 3 rings (SSSR count). The molecule has 0 bridgehead atoms. The van der Waals surface area contributed by atoms with Crippen LogP contribution >= 0.6 is 0 Å². The lowest BCUT2D eigenvalue weighted by molar-refractivity contribution is -0.141. The van der Waals surface area contributed by atoms with Gasteiger partial charge in [0.2, 0.25) is 0 Å². The number of hydrogen-bond acceptors (Lipinski definition) is 4. The minimum absolute atomic E-state index is 0.109. The molecular weight excluding hydrogens is 342 g/mol. The van der Waals surface area contributed by atoms with Crippen molar-refractivity contribution in [3.8, 4) is 5.75 Å². The van der Waals surface area contributed by atoms with Crippen LogP contribution in [-0.2, 0) is 21.4 Å². The molecule has 1 heterocycles. The van der Waals surface area contributed by atoms with Crippen molar-refractivity contribution in [2.45, 2.75) is 38.6 Å². The first kappa shape index (κ1) is 19.0. The first-order valence-electron chi connectivity index (χ1n) is 8.95. The Bertz CT molecular complexity index is 882. The number of carbonyl (C=O) groups is 2. The second-order valence-corrected chi connectivity index (χ2v) is 7.71. The summed E-state index contributed by atoms with van der Waals surface area (Å²) in [6.45, 7) is 6.28. The van der Waals surface area contributed by atoms with E-state index in [1.54, 1.807) is 19.2 Å². The van der Waals surface area contributed by atoms with Crippen LogP contribution in [0.25, 0.3) is 0 Å². The molecule has 1 aliphatic rings. The monoisotopic (exact) mass is 367 g/mol. The van der Waals surface area contributed by atoms with Crippen LogP contribution in [-0.4, -0.2) is 32.1 Å². The Hall–Kier alpha value is -2.82. The highest BCUT2D eigenvalue weighted by atomic mass is 16.5. The zero-order valence-corrected chi connectivity index (χ0v) is 16.4. The quantitative estimate of drug-likeness (QED) is 0.776. The maximum atomic E-state index is 13.3. The standard InChI is InChI=1S/C22H25NO4/c1-22(2,3)16-11-10-15(13-19(16)26-4)20(24)23-17-9-7-6-8-14(17)12-18(23)21(25)27-5/h6-11,13,18H,12H2,1-5H3. The maximum absolute atomic E-state index is 13.3. The van der Waals surface area contributed by atoms with Gasteiger partial charge in [0.05, 0.1) is 14.2 Å². The van der Waals surface area contributed by atoms with Gasteiger partial charge in [0, 0.05) is 17.7 Å². The summed E-state index contributed by atoms with van der Waals surface area (Å²) in [5, 5.41) is 0. The molecule has 27 heavy (non-hydrogen) atoms. The lowest BCUT2D eigenvalue weighted by Gasteiger charge is -2.26. The molecule has 1 atom stereocenters. The lowest BCUT2D eigenvalue weighted by atomic mass is 9.85. The molecule has 5 nitrogen and oxygen atoms in total. The van der Waals surface area contributed by atoms with E-state index in [0.29, 0.717) is 17.7 Å². The summed E-state index contributed by atoms with van der Waals surface area (Å²) < 4.78 is 10.5. The fourth-order valence-electron chi connectivity index (χ4n) is 3.54. The predicted molar refractivity (Wildman–Crippen MR) is 104 cm³/mol. The number of amides is 1. The lowest BCUT2D eigenvalue weighted by Crippen LogP contribution is -2.43. The Balaban J connectivity index is 2.04. The molecule has 1 amide bonds. The number of ether oxygens (including phenoxy) is 2. The molecule has 0 saturated carbocycles. The number of esters is 1. The van der Waals surface area contributed by atoms with Gasteiger partial charge in [-0.25, -0.2) is 4.79 Å². The van der Waals surface area contributed by atoms with E-state index in [1.165, 1.54) is 12.0 Å². The van der Waals surface area contributed by atoms with Crippen molar-refractivity contribution in [2.75, 3.05) is 19.1 Å². The summed E-state index contributed by atoms with van der Waals surface area (Å²) in [7, 11) is 2.94. The molecule has 2 aromatic rings. The van der Waals surface area contributed by atoms with Crippen molar-refractivity contribution in [3.05, 3.63) is 59.2 Å². The average molecular weight is 367 g/mol. The number of hydrogen-bond donors (Lipinski definition) is 0. The van der Waals surface area contributed by atoms with Crippen molar-refractivity contribution in [2.24, 2.45) is 0 Å². The summed E-state index contributed by atoms with van der Waals surface area (Å²) in [6, 6.07) is 12.4. The third-order valence-corrected chi connectivity index (χ3v) is 4.92. The summed E-state index contributed by atoms with van der Waals surface area (Å²) in [5.74, 6) is 0.00221. The molecule has 0 radical (unpaired) electrons. The van der Waals surface area contributed by atoms with Gasteiger partial charge < -0.3 is 9.47 Å². The van der Waals surface area contributed by atoms with Crippen molar-refractivity contribution in [3.63, 3.8) is 0 Å². The topological polar surface area (TPSA) is 55.8 Å². The highest BCUT2D eigenvalue weighted by molar-refractivity contribution is 6.11. The van der Waals surface area contributed by atoms with Crippen molar-refractivity contribution >= 4 is 17.6 Å². The SMILES string of the molecule is COC(=O)C1Cc2ccccc2N1C(=O)c1ccc(C(C)(C)C)c(OC)c1. The minimum atomic E-state index is -0.659. The van der Waals surface area contributed by atoms with Crippen LogP contribution in [0.5, 0.6) is 5.75 Å². The van der Waals surface area contributed by atoms with Crippen LogP contribution in [0, 0.1) is 0 Å². The number of carbonyl (C=O) groups excluding carboxylic acids is 2. The molecule has 0 spiro atoms. The Morgan fingerprint density at radius 1 is 1.07 bits per heavy atom. The fourth-order valence-corrected chi connectivity index (χ4v) is 3.54. The van der Waals surface area contributed by atoms with Crippen LogP contribution < -0.4 is 9.64 Å². The Morgan fingerprint density at radius 2 is 1.78 bits per heavy atom. The molecule has 1 aliphatic heterocycles. The Morgan fingerprint density at radius 3 is 2.41 bits per heavy atom. The van der Waals surface area contributed by atoms with Gasteiger partial charge in [0.15, 0.2) is 0 Å². The number of anilines is 1. The van der Waals surface area contributed by atoms with E-state index in [2.05, 4.69) is 20.8 Å². The van der Waals surface area contributed by atoms with E-state index in [1.807, 2.05) is 30.3 Å². The van der Waals surface area contributed by atoms with Crippen LogP contribution in [0.3, 0.4) is 0 Å². The van der Waals surface area contributed by atoms with Crippen LogP contribution in [0.1, 0.15) is 42.3 Å². The minimum Gasteiger partial charge on any atom is -0.496 e. The molecule has 1 unspecified atom stereocenters. The van der Waals surface area contributed by atoms with Crippen LogP contribution in [0.4, 0.5) is 5.69 Å². The van der Waals surface area contributed by atoms with E-state index < -0.39 is 12.0 Å². The van der Waals surface area contributed by atoms with Gasteiger partial charge in [0.25, 0.3) is 5.91 Å². The third-order valence-electron chi connectivity index (χ3n) is 4.92. The number of fused-ring (bicyclic) bond motifs is 1. The van der Waals surface area contributed by atoms with Gasteiger partial charge in [0.1, 0.15) is 11.8 Å². The highest BCUT2D eigenvalue weighted by Gasteiger charge is 2.39. The van der Waals surface area contributed by atoms with E-state index in [0.717, 1.165) is 16.8 Å². The number of para-hydroxylation sites is 1. The van der Waals surface area contributed by atoms with E-state index in [-0.39, 0.29) is 11.3 Å². The Labute approximate surface area is 159 Å². The van der Waals surface area contributed by atoms with E-state index in [9.17, 15) is 9.59 Å². The van der Waals surface area contributed by atoms with Gasteiger partial charge in [-0.15, -0.1) is 0 Å². The number of benzene rings is 2. The van der Waals surface area contributed by atoms with Gasteiger partial charge in [-0.3, -0.25) is 9.69 Å². The van der Waals surface area contributed by atoms with Gasteiger partial charge in [-0.05, 0) is 34.7 Å². The molecule has 5 heteroatoms. The molecule has 0 aromatic heterocycles. The summed E-state index contributed by atoms with van der Waals surface area (Å²) in [4.78, 5) is 27.2. The van der Waals surface area contributed by atoms with E-state index in [4.69, 9.17) is 9.47 Å². The summed E-state index contributed by atoms with van der Waals surface area (Å²) in [5.41, 5.74) is 3.09. The number of nitrogens with zero attached hydrogens (tertiary/aromatic N) is 1. The molecule has 2 aromatic carbocycles. The average Bonchev–Trinajstić information content (AvgIpc) is 3.05. The molecular formula is C22H25NO4. The van der Waals surface area contributed by atoms with Crippen molar-refractivity contribution in [1.29, 1.82) is 0 Å². The number of methoxy groups -OCH3 is 2. The van der Waals surface area contributed by atoms with Gasteiger partial charge in [-0.2, -0.15) is 0 Å². The molecule has 0 saturated heterocycles. The Kier molecular flexibility index (Phi) is 4.96. The fraction of sp³-hybridized carbons (Fsp3) is 0.364. The van der Waals surface area contributed by atoms with Gasteiger partial charge >= 0.3 is 5.97 Å². The first-order chi connectivity index (χ1) is 12.8. The second kappa shape index (κ2) is 7.06. The zero-order chi connectivity index (χ0) is 19.8. The zero-order valence-electron chi connectivity index (χ0n) is 16.4. The summed E-state index contributed by atoms with van der Waals surface area (Å²) in [6.07, 6.45) is 0.450. The van der Waals surface area contributed by atoms with Crippen LogP contribution in [0.15, 0.2) is 42.5 Å². The molecule has 0 N–H and O–H groups in total. The predicted octanol–water partition coefficient (Wildman–Crippen LogP) is 3.74. The van der Waals surface area contributed by atoms with Crippen molar-refractivity contribution in [1.82, 2.24) is 0 Å². The summed E-state index contributed by atoms with van der Waals surface area (Å²) >= 11 is 0. The first-order valence-corrected chi connectivity index (χ1v) is 8.95. The van der Waals surface area contributed by atoms with Crippen LogP contribution in [0.2, 0.25) is 0 Å². The highest BCUT2D eigenvalue weighted by Crippen LogP contribution is 2.36. The molecule has 142 valence electrons. The van der Waals surface area contributed by atoms with E-state index >= 15 is 0 Å². The molecule has 0 fully saturated rings. The second-order valence-electron chi connectivity index (χ2n) is 7.71. The smallest absolute Gasteiger partial charge is 0.329 e. The maximum Gasteiger partial charge on any atom is 0.329 e.